The minimum Gasteiger partial charge on any atom is -0.550 e. The summed E-state index contributed by atoms with van der Waals surface area (Å²) in [5, 5.41) is 77.2. The largest absolute Gasteiger partial charge is 0.550 e. The number of rotatable bonds is 17. The topological polar surface area (TPSA) is 280 Å². The summed E-state index contributed by atoms with van der Waals surface area (Å²) < 4.78 is 30.0. The van der Waals surface area contributed by atoms with E-state index >= 15 is 0 Å². The molecule has 5 rings (SSSR count). The first-order valence-corrected chi connectivity index (χ1v) is 20.6. The van der Waals surface area contributed by atoms with Gasteiger partial charge in [-0.3, -0.25) is 4.99 Å². The zero-order valence-corrected chi connectivity index (χ0v) is 33.5. The maximum Gasteiger partial charge on any atom is 0.338 e. The van der Waals surface area contributed by atoms with Crippen molar-refractivity contribution in [2.24, 2.45) is 39.8 Å². The molecule has 0 aromatic rings. The van der Waals surface area contributed by atoms with Gasteiger partial charge in [0.25, 0.3) is 0 Å². The molecule has 2 saturated carbocycles. The number of carbonyl (C=O) groups excluding carboxylic acids is 2. The Morgan fingerprint density at radius 1 is 1.14 bits per heavy atom. The number of likely N-dealkylation sites (tertiary alicyclic amines) is 1. The molecular weight excluding hydrogens is 760 g/mol. The van der Waals surface area contributed by atoms with Crippen LogP contribution in [0.1, 0.15) is 65.2 Å². The lowest BCUT2D eigenvalue weighted by molar-refractivity contribution is -0.911. The lowest BCUT2D eigenvalue weighted by atomic mass is 9.79. The lowest BCUT2D eigenvalue weighted by Gasteiger charge is -2.48. The van der Waals surface area contributed by atoms with E-state index in [1.807, 2.05) is 0 Å². The van der Waals surface area contributed by atoms with Gasteiger partial charge in [-0.2, -0.15) is 0 Å². The second-order valence-corrected chi connectivity index (χ2v) is 16.7. The summed E-state index contributed by atoms with van der Waals surface area (Å²) in [5.41, 5.74) is 6.51. The van der Waals surface area contributed by atoms with E-state index < -0.39 is 91.0 Å². The van der Waals surface area contributed by atoms with Gasteiger partial charge in [0.05, 0.1) is 68.1 Å². The fourth-order valence-electron chi connectivity index (χ4n) is 9.35. The Kier molecular flexibility index (Phi) is 16.1. The first-order valence-electron chi connectivity index (χ1n) is 20.6. The number of carboxylic acids is 1. The number of carbonyl (C=O) groups is 2. The number of quaternary nitrogens is 1. The first kappa shape index (κ1) is 45.9. The summed E-state index contributed by atoms with van der Waals surface area (Å²) in [7, 11) is 0. The van der Waals surface area contributed by atoms with Crippen molar-refractivity contribution >= 4 is 17.9 Å². The van der Waals surface area contributed by atoms with Gasteiger partial charge in [-0.25, -0.2) is 4.79 Å². The summed E-state index contributed by atoms with van der Waals surface area (Å²) in [6.45, 7) is 7.20. The van der Waals surface area contributed by atoms with Crippen LogP contribution in [0.4, 0.5) is 0 Å². The second-order valence-electron chi connectivity index (χ2n) is 16.7. The fraction of sp³-hybridized carbons (Fsp3) is 0.775. The molecule has 328 valence electrons. The Hall–Kier alpha value is -3.17. The highest BCUT2D eigenvalue weighted by atomic mass is 16.8. The number of aliphatic hydroxyl groups is 6. The number of aliphatic imine (C=N–C) groups is 1. The molecule has 3 aliphatic heterocycles. The molecule has 18 heteroatoms. The van der Waals surface area contributed by atoms with Crippen molar-refractivity contribution in [1.82, 2.24) is 5.32 Å². The Morgan fingerprint density at radius 2 is 1.88 bits per heavy atom. The van der Waals surface area contributed by atoms with Crippen LogP contribution in [0.15, 0.2) is 41.6 Å². The molecule has 58 heavy (non-hydrogen) atoms. The number of guanidine groups is 1. The molecule has 0 bridgehead atoms. The van der Waals surface area contributed by atoms with E-state index in [1.165, 1.54) is 12.3 Å². The van der Waals surface area contributed by atoms with Crippen molar-refractivity contribution in [1.29, 1.82) is 0 Å². The van der Waals surface area contributed by atoms with Crippen LogP contribution >= 0.6 is 0 Å². The molecule has 0 aromatic heterocycles. The number of allylic oxidation sites excluding steroid dienone is 1. The third kappa shape index (κ3) is 10.8. The lowest BCUT2D eigenvalue weighted by Crippen LogP contribution is -3.16. The highest BCUT2D eigenvalue weighted by Gasteiger charge is 2.58. The average Bonchev–Trinajstić information content (AvgIpc) is 3.82. The van der Waals surface area contributed by atoms with Gasteiger partial charge < -0.3 is 80.2 Å². The van der Waals surface area contributed by atoms with Crippen molar-refractivity contribution in [2.75, 3.05) is 46.0 Å². The van der Waals surface area contributed by atoms with Crippen molar-refractivity contribution in [3.8, 4) is 0 Å². The van der Waals surface area contributed by atoms with Crippen LogP contribution in [0.3, 0.4) is 0 Å². The maximum absolute atomic E-state index is 14.1. The number of nitrogens with one attached hydrogen (secondary N) is 2. The molecule has 4 unspecified atom stereocenters. The Labute approximate surface area is 339 Å². The Balaban J connectivity index is 1.49. The number of aliphatic carboxylic acids is 1. The maximum atomic E-state index is 14.1. The molecule has 0 amide bonds. The van der Waals surface area contributed by atoms with Gasteiger partial charge in [0.1, 0.15) is 24.9 Å². The number of hydrogen-bond donors (Lipinski definition) is 9. The molecule has 1 spiro atoms. The van der Waals surface area contributed by atoms with Crippen LogP contribution in [0.25, 0.3) is 0 Å². The van der Waals surface area contributed by atoms with E-state index in [1.54, 1.807) is 26.0 Å². The number of piperidine rings is 1. The first-order chi connectivity index (χ1) is 27.7. The standard InChI is InChI=1S/C40H64N4O14/c1-4-26-27(9-8-24-19-44(15-17-46)20-28(34(49)50)31(24)43-38(41)42-14-7-16-45)29(35(51)56-25-10-13-39(18-25)11-5-6-12-39)22-54-36(26)58-37-33(55-23(2)3)40(52,53)32(48)30(21-47)57-37/h4,8-9,22-28,30-33,36-37,45-48,52-53H,1,5-7,10-21H2,2-3H3,(H,49,50)(H3,41,42,43)/t24?,25-,26+,27-,28?,30+,31?,32+,33+,36+,37-/m0/s1. The van der Waals surface area contributed by atoms with Crippen molar-refractivity contribution in [2.45, 2.75) is 120 Å². The van der Waals surface area contributed by atoms with Gasteiger partial charge >= 0.3 is 5.97 Å². The average molecular weight is 825 g/mol. The SMILES string of the molecule is C=C[C@H]1[C@@H](O[C@@H]2O[C@H](CO)[C@@H](O)C(O)(O)[C@@H]2OC(C)C)OC=C(C(=O)O[C@H]2CCC3(CCCC3)C2)[C@H]1C=CC1C[NH+](CCO)CC(C(=O)[O-])C1NC(N)=NCCCO. The molecule has 12 atom stereocenters. The summed E-state index contributed by atoms with van der Waals surface area (Å²) in [5.74, 6) is -8.21. The molecule has 18 nitrogen and oxygen atoms in total. The fourth-order valence-corrected chi connectivity index (χ4v) is 9.35. The molecule has 0 radical (unpaired) electrons. The molecule has 2 aliphatic carbocycles. The minimum absolute atomic E-state index is 0.0150. The van der Waals surface area contributed by atoms with Gasteiger partial charge in [0.15, 0.2) is 18.4 Å². The second kappa shape index (κ2) is 20.4. The Morgan fingerprint density at radius 3 is 2.52 bits per heavy atom. The van der Waals surface area contributed by atoms with Crippen molar-refractivity contribution < 1.29 is 73.9 Å². The number of nitrogens with zero attached hydrogens (tertiary/aromatic N) is 1. The molecule has 3 heterocycles. The summed E-state index contributed by atoms with van der Waals surface area (Å²) >= 11 is 0. The molecule has 4 fully saturated rings. The number of hydrogen-bond acceptors (Lipinski definition) is 15. The smallest absolute Gasteiger partial charge is 0.338 e. The highest BCUT2D eigenvalue weighted by molar-refractivity contribution is 5.89. The summed E-state index contributed by atoms with van der Waals surface area (Å²) in [6.07, 6.45) is 4.71. The number of esters is 1. The summed E-state index contributed by atoms with van der Waals surface area (Å²) in [6, 6.07) is -0.815. The van der Waals surface area contributed by atoms with Gasteiger partial charge in [-0.1, -0.05) is 31.1 Å². The number of aliphatic hydroxyl groups excluding tert-OH is 4. The molecule has 5 aliphatic rings. The highest BCUT2D eigenvalue weighted by Crippen LogP contribution is 2.51. The van der Waals surface area contributed by atoms with Crippen molar-refractivity contribution in [3.05, 3.63) is 36.6 Å². The number of nitrogens with two attached hydrogens (primary N) is 1. The third-order valence-corrected chi connectivity index (χ3v) is 12.3. The van der Waals surface area contributed by atoms with E-state index in [0.29, 0.717) is 13.0 Å². The number of carboxylic acid groups (broad SMARTS) is 1. The van der Waals surface area contributed by atoms with Gasteiger partial charge in [0.2, 0.25) is 12.1 Å². The Bertz CT molecular complexity index is 1480. The van der Waals surface area contributed by atoms with Crippen LogP contribution in [0.5, 0.6) is 0 Å². The predicted molar refractivity (Wildman–Crippen MR) is 204 cm³/mol. The van der Waals surface area contributed by atoms with E-state index in [0.717, 1.165) is 49.8 Å². The molecule has 10 N–H and O–H groups in total. The quantitative estimate of drug-likeness (QED) is 0.0176. The van der Waals surface area contributed by atoms with Crippen LogP contribution in [0.2, 0.25) is 0 Å². The summed E-state index contributed by atoms with van der Waals surface area (Å²) in [4.78, 5) is 31.7. The van der Waals surface area contributed by atoms with Crippen LogP contribution in [-0.4, -0.2) is 149 Å². The normalized spacial score (nSPS) is 36.2. The van der Waals surface area contributed by atoms with Crippen molar-refractivity contribution in [3.63, 3.8) is 0 Å². The van der Waals surface area contributed by atoms with E-state index in [-0.39, 0.29) is 55.9 Å². The van der Waals surface area contributed by atoms with Crippen LogP contribution < -0.4 is 21.1 Å². The third-order valence-electron chi connectivity index (χ3n) is 12.3. The van der Waals surface area contributed by atoms with Gasteiger partial charge in [-0.05, 0) is 57.8 Å². The van der Waals surface area contributed by atoms with Crippen LogP contribution in [-0.2, 0) is 33.3 Å². The van der Waals surface area contributed by atoms with E-state index in [4.69, 9.17) is 29.4 Å². The van der Waals surface area contributed by atoms with Gasteiger partial charge in [-0.15, -0.1) is 6.58 Å². The molecule has 2 saturated heterocycles. The molecular formula is C40H64N4O14. The molecule has 0 aromatic carbocycles. The monoisotopic (exact) mass is 824 g/mol. The van der Waals surface area contributed by atoms with E-state index in [2.05, 4.69) is 16.9 Å². The van der Waals surface area contributed by atoms with Crippen LogP contribution in [0, 0.1) is 29.1 Å². The van der Waals surface area contributed by atoms with Gasteiger partial charge in [0, 0.05) is 25.0 Å². The number of ether oxygens (including phenoxy) is 5. The predicted octanol–water partition coefficient (Wildman–Crippen LogP) is -3.05. The zero-order valence-electron chi connectivity index (χ0n) is 33.5. The minimum atomic E-state index is -2.91. The van der Waals surface area contributed by atoms with E-state index in [9.17, 15) is 45.3 Å². The zero-order chi connectivity index (χ0) is 42.2.